The second kappa shape index (κ2) is 5.28. The van der Waals surface area contributed by atoms with Gasteiger partial charge < -0.3 is 5.32 Å². The van der Waals surface area contributed by atoms with Gasteiger partial charge in [0.15, 0.2) is 0 Å². The summed E-state index contributed by atoms with van der Waals surface area (Å²) in [6.45, 7) is 5.49. The lowest BCUT2D eigenvalue weighted by molar-refractivity contribution is -0.137. The largest absolute Gasteiger partial charge is 0.416 e. The maximum atomic E-state index is 12.6. The number of nitrogens with zero attached hydrogens (tertiary/aromatic N) is 1. The number of rotatable bonds is 2. The third-order valence-electron chi connectivity index (χ3n) is 3.40. The van der Waals surface area contributed by atoms with E-state index in [-0.39, 0.29) is 6.04 Å². The molecule has 1 aliphatic rings. The molecule has 1 atom stereocenters. The maximum Gasteiger partial charge on any atom is 0.416 e. The number of hydrogen-bond donors (Lipinski definition) is 1. The monoisotopic (exact) mass is 258 g/mol. The van der Waals surface area contributed by atoms with Crippen LogP contribution in [-0.2, 0) is 6.18 Å². The van der Waals surface area contributed by atoms with Crippen LogP contribution in [0.15, 0.2) is 24.3 Å². The number of hydrogen-bond acceptors (Lipinski definition) is 2. The summed E-state index contributed by atoms with van der Waals surface area (Å²) in [7, 11) is 0. The number of alkyl halides is 3. The fourth-order valence-corrected chi connectivity index (χ4v) is 2.26. The van der Waals surface area contributed by atoms with E-state index in [0.717, 1.165) is 37.8 Å². The van der Waals surface area contributed by atoms with E-state index in [9.17, 15) is 13.2 Å². The maximum absolute atomic E-state index is 12.6. The molecule has 1 aromatic carbocycles. The minimum absolute atomic E-state index is 0.0226. The lowest BCUT2D eigenvalue weighted by Gasteiger charge is -2.33. The van der Waals surface area contributed by atoms with Gasteiger partial charge in [-0.1, -0.05) is 12.1 Å². The fourth-order valence-electron chi connectivity index (χ4n) is 2.26. The molecule has 1 fully saturated rings. The van der Waals surface area contributed by atoms with Gasteiger partial charge in [-0.2, -0.15) is 13.2 Å². The molecule has 0 aliphatic carbocycles. The van der Waals surface area contributed by atoms with Gasteiger partial charge in [-0.25, -0.2) is 0 Å². The Hall–Kier alpha value is -1.07. The summed E-state index contributed by atoms with van der Waals surface area (Å²) in [6, 6.07) is 5.65. The molecule has 1 saturated heterocycles. The standard InChI is InChI=1S/C13H17F3N2/c1-10(18-7-5-17-6-8-18)11-3-2-4-12(9-11)13(14,15)16/h2-4,9-10,17H,5-8H2,1H3/t10-/m1/s1. The Labute approximate surface area is 105 Å². The van der Waals surface area contributed by atoms with Gasteiger partial charge in [0.25, 0.3) is 0 Å². The molecule has 100 valence electrons. The summed E-state index contributed by atoms with van der Waals surface area (Å²) in [5.41, 5.74) is 0.161. The number of nitrogens with one attached hydrogen (secondary N) is 1. The third kappa shape index (κ3) is 3.03. The molecular formula is C13H17F3N2. The van der Waals surface area contributed by atoms with Gasteiger partial charge >= 0.3 is 6.18 Å². The molecule has 0 bridgehead atoms. The summed E-state index contributed by atoms with van der Waals surface area (Å²) in [5.74, 6) is 0. The van der Waals surface area contributed by atoms with Crippen LogP contribution >= 0.6 is 0 Å². The molecule has 2 nitrogen and oxygen atoms in total. The van der Waals surface area contributed by atoms with E-state index in [0.29, 0.717) is 0 Å². The Bertz CT molecular complexity index is 397. The van der Waals surface area contributed by atoms with Crippen LogP contribution in [-0.4, -0.2) is 31.1 Å². The molecule has 1 heterocycles. The van der Waals surface area contributed by atoms with E-state index in [1.807, 2.05) is 6.92 Å². The molecule has 2 rings (SSSR count). The van der Waals surface area contributed by atoms with Crippen LogP contribution in [0.4, 0.5) is 13.2 Å². The molecule has 0 radical (unpaired) electrons. The van der Waals surface area contributed by atoms with Gasteiger partial charge in [-0.3, -0.25) is 4.90 Å². The molecule has 1 N–H and O–H groups in total. The van der Waals surface area contributed by atoms with Gasteiger partial charge in [0.2, 0.25) is 0 Å². The average molecular weight is 258 g/mol. The van der Waals surface area contributed by atoms with Crippen molar-refractivity contribution < 1.29 is 13.2 Å². The SMILES string of the molecule is C[C@H](c1cccc(C(F)(F)F)c1)N1CCNCC1. The Morgan fingerprint density at radius 2 is 1.89 bits per heavy atom. The van der Waals surface area contributed by atoms with E-state index >= 15 is 0 Å². The predicted octanol–water partition coefficient (Wildman–Crippen LogP) is 2.67. The van der Waals surface area contributed by atoms with Crippen LogP contribution < -0.4 is 5.32 Å². The molecule has 0 unspecified atom stereocenters. The Kier molecular flexibility index (Phi) is 3.92. The van der Waals surface area contributed by atoms with E-state index in [4.69, 9.17) is 0 Å². The van der Waals surface area contributed by atoms with Crippen LogP contribution in [0.1, 0.15) is 24.1 Å². The highest BCUT2D eigenvalue weighted by Gasteiger charge is 2.31. The third-order valence-corrected chi connectivity index (χ3v) is 3.40. The first-order chi connectivity index (χ1) is 8.48. The van der Waals surface area contributed by atoms with Gasteiger partial charge in [0.05, 0.1) is 5.56 Å². The molecule has 18 heavy (non-hydrogen) atoms. The van der Waals surface area contributed by atoms with Gasteiger partial charge in [0.1, 0.15) is 0 Å². The average Bonchev–Trinajstić information content (AvgIpc) is 2.38. The lowest BCUT2D eigenvalue weighted by atomic mass is 10.0. The quantitative estimate of drug-likeness (QED) is 0.877. The number of piperazine rings is 1. The van der Waals surface area contributed by atoms with Crippen molar-refractivity contribution in [2.45, 2.75) is 19.1 Å². The summed E-state index contributed by atoms with van der Waals surface area (Å²) < 4.78 is 37.9. The Morgan fingerprint density at radius 3 is 2.50 bits per heavy atom. The molecular weight excluding hydrogens is 241 g/mol. The second-order valence-electron chi connectivity index (χ2n) is 4.59. The van der Waals surface area contributed by atoms with E-state index in [1.165, 1.54) is 12.1 Å². The molecule has 1 aliphatic heterocycles. The number of benzene rings is 1. The zero-order valence-electron chi connectivity index (χ0n) is 10.3. The van der Waals surface area contributed by atoms with Crippen molar-refractivity contribution in [1.29, 1.82) is 0 Å². The van der Waals surface area contributed by atoms with Crippen LogP contribution in [0.3, 0.4) is 0 Å². The molecule has 1 aromatic rings. The zero-order valence-corrected chi connectivity index (χ0v) is 10.3. The molecule has 0 amide bonds. The van der Waals surface area contributed by atoms with Gasteiger partial charge in [0, 0.05) is 32.2 Å². The highest BCUT2D eigenvalue weighted by molar-refractivity contribution is 5.27. The summed E-state index contributed by atoms with van der Waals surface area (Å²) >= 11 is 0. The molecule has 0 saturated carbocycles. The van der Waals surface area contributed by atoms with E-state index in [1.54, 1.807) is 6.07 Å². The van der Waals surface area contributed by atoms with Crippen molar-refractivity contribution in [3.05, 3.63) is 35.4 Å². The lowest BCUT2D eigenvalue weighted by Crippen LogP contribution is -2.44. The van der Waals surface area contributed by atoms with Crippen molar-refractivity contribution in [3.63, 3.8) is 0 Å². The minimum atomic E-state index is -4.26. The van der Waals surface area contributed by atoms with Crippen LogP contribution in [0.2, 0.25) is 0 Å². The highest BCUT2D eigenvalue weighted by atomic mass is 19.4. The van der Waals surface area contributed by atoms with Gasteiger partial charge in [-0.05, 0) is 24.6 Å². The second-order valence-corrected chi connectivity index (χ2v) is 4.59. The van der Waals surface area contributed by atoms with Crippen molar-refractivity contribution >= 4 is 0 Å². The van der Waals surface area contributed by atoms with Crippen molar-refractivity contribution in [2.24, 2.45) is 0 Å². The first kappa shape index (κ1) is 13.4. The summed E-state index contributed by atoms with van der Waals surface area (Å²) in [4.78, 5) is 2.20. The van der Waals surface area contributed by atoms with Crippen molar-refractivity contribution in [2.75, 3.05) is 26.2 Å². The molecule has 5 heteroatoms. The predicted molar refractivity (Wildman–Crippen MR) is 64.3 cm³/mol. The van der Waals surface area contributed by atoms with E-state index < -0.39 is 11.7 Å². The van der Waals surface area contributed by atoms with Crippen LogP contribution in [0, 0.1) is 0 Å². The topological polar surface area (TPSA) is 15.3 Å². The zero-order chi connectivity index (χ0) is 13.2. The summed E-state index contributed by atoms with van der Waals surface area (Å²) in [5, 5.41) is 3.24. The van der Waals surface area contributed by atoms with Crippen LogP contribution in [0.5, 0.6) is 0 Å². The first-order valence-corrected chi connectivity index (χ1v) is 6.10. The normalized spacial score (nSPS) is 19.8. The minimum Gasteiger partial charge on any atom is -0.314 e. The molecule has 0 spiro atoms. The first-order valence-electron chi connectivity index (χ1n) is 6.10. The van der Waals surface area contributed by atoms with E-state index in [2.05, 4.69) is 10.2 Å². The van der Waals surface area contributed by atoms with Crippen molar-refractivity contribution in [1.82, 2.24) is 10.2 Å². The fraction of sp³-hybridized carbons (Fsp3) is 0.538. The smallest absolute Gasteiger partial charge is 0.314 e. The Balaban J connectivity index is 2.17. The van der Waals surface area contributed by atoms with Crippen molar-refractivity contribution in [3.8, 4) is 0 Å². The van der Waals surface area contributed by atoms with Gasteiger partial charge in [-0.15, -0.1) is 0 Å². The highest BCUT2D eigenvalue weighted by Crippen LogP contribution is 2.31. The Morgan fingerprint density at radius 1 is 1.22 bits per heavy atom. The van der Waals surface area contributed by atoms with Crippen LogP contribution in [0.25, 0.3) is 0 Å². The number of halogens is 3. The molecule has 0 aromatic heterocycles. The summed E-state index contributed by atoms with van der Waals surface area (Å²) in [6.07, 6.45) is -4.26.